The largest absolute Gasteiger partial charge is 0.465 e. The molecule has 0 saturated carbocycles. The molecule has 0 aromatic heterocycles. The zero-order chi connectivity index (χ0) is 15.0. The molecule has 2 unspecified atom stereocenters. The molecule has 19 heavy (non-hydrogen) atoms. The van der Waals surface area contributed by atoms with Gasteiger partial charge in [-0.3, -0.25) is 19.8 Å². The number of hydrogen-bond donors (Lipinski definition) is 6. The Bertz CT molecular complexity index is 372. The molecule has 0 saturated heterocycles. The average Bonchev–Trinajstić information content (AvgIpc) is 2.27. The summed E-state index contributed by atoms with van der Waals surface area (Å²) in [5, 5.41) is 12.7. The van der Waals surface area contributed by atoms with Gasteiger partial charge in [-0.25, -0.2) is 10.2 Å². The van der Waals surface area contributed by atoms with E-state index >= 15 is 0 Å². The first-order valence-electron chi connectivity index (χ1n) is 5.35. The summed E-state index contributed by atoms with van der Waals surface area (Å²) in [6, 6.07) is -1.91. The Labute approximate surface area is 109 Å². The second-order valence-electron chi connectivity index (χ2n) is 3.71. The van der Waals surface area contributed by atoms with Gasteiger partial charge in [-0.05, 0) is 13.8 Å². The number of hydrogen-bond acceptors (Lipinski definition) is 5. The van der Waals surface area contributed by atoms with Crippen LogP contribution in [0.1, 0.15) is 13.8 Å². The van der Waals surface area contributed by atoms with Gasteiger partial charge < -0.3 is 21.5 Å². The van der Waals surface area contributed by atoms with Crippen LogP contribution in [0.4, 0.5) is 4.79 Å². The number of carbonyl (C=O) groups is 4. The number of primary amides is 1. The highest BCUT2D eigenvalue weighted by Gasteiger charge is 2.20. The molecule has 0 bridgehead atoms. The third-order valence-corrected chi connectivity index (χ3v) is 1.96. The van der Waals surface area contributed by atoms with Gasteiger partial charge in [0.05, 0.1) is 6.54 Å². The van der Waals surface area contributed by atoms with Crippen LogP contribution in [0.3, 0.4) is 0 Å². The molecule has 0 aromatic rings. The van der Waals surface area contributed by atoms with E-state index in [-0.39, 0.29) is 6.54 Å². The van der Waals surface area contributed by atoms with Crippen molar-refractivity contribution in [2.24, 2.45) is 5.73 Å². The van der Waals surface area contributed by atoms with Crippen molar-refractivity contribution < 1.29 is 24.3 Å². The lowest BCUT2D eigenvalue weighted by atomic mass is 10.2. The lowest BCUT2D eigenvalue weighted by molar-refractivity contribution is -0.130. The molecular weight excluding hydrogens is 258 g/mol. The van der Waals surface area contributed by atoms with E-state index in [1.54, 1.807) is 0 Å². The smallest absolute Gasteiger partial charge is 0.405 e. The first-order chi connectivity index (χ1) is 8.73. The van der Waals surface area contributed by atoms with Crippen molar-refractivity contribution in [3.05, 3.63) is 0 Å². The molecule has 0 aliphatic carbocycles. The number of carbonyl (C=O) groups excluding carboxylic acids is 3. The van der Waals surface area contributed by atoms with Crippen LogP contribution < -0.4 is 27.2 Å². The maximum Gasteiger partial charge on any atom is 0.405 e. The molecule has 2 atom stereocenters. The molecule has 7 N–H and O–H groups in total. The normalized spacial score (nSPS) is 12.9. The highest BCUT2D eigenvalue weighted by Crippen LogP contribution is 1.87. The maximum atomic E-state index is 11.5. The SMILES string of the molecule is CC(NC(=O)O)C(=O)NC(C)C(=O)NNCC(N)=O. The third kappa shape index (κ3) is 7.54. The lowest BCUT2D eigenvalue weighted by Gasteiger charge is -2.17. The molecule has 10 heteroatoms. The molecule has 0 fully saturated rings. The third-order valence-electron chi connectivity index (χ3n) is 1.96. The van der Waals surface area contributed by atoms with Crippen LogP contribution in [0, 0.1) is 0 Å². The second-order valence-corrected chi connectivity index (χ2v) is 3.71. The van der Waals surface area contributed by atoms with Crippen LogP contribution in [0.25, 0.3) is 0 Å². The summed E-state index contributed by atoms with van der Waals surface area (Å²) in [6.45, 7) is 2.48. The van der Waals surface area contributed by atoms with Crippen molar-refractivity contribution in [3.8, 4) is 0 Å². The van der Waals surface area contributed by atoms with Crippen LogP contribution in [0.5, 0.6) is 0 Å². The number of nitrogens with two attached hydrogens (primary N) is 1. The number of hydrazine groups is 1. The van der Waals surface area contributed by atoms with Crippen LogP contribution in [-0.4, -0.2) is 47.5 Å². The molecule has 108 valence electrons. The van der Waals surface area contributed by atoms with Crippen molar-refractivity contribution in [3.63, 3.8) is 0 Å². The van der Waals surface area contributed by atoms with Gasteiger partial charge in [0.1, 0.15) is 12.1 Å². The molecule has 0 aliphatic heterocycles. The predicted octanol–water partition coefficient (Wildman–Crippen LogP) is -2.75. The number of amides is 4. The van der Waals surface area contributed by atoms with E-state index in [4.69, 9.17) is 10.8 Å². The molecule has 4 amide bonds. The monoisotopic (exact) mass is 275 g/mol. The predicted molar refractivity (Wildman–Crippen MR) is 63.6 cm³/mol. The summed E-state index contributed by atoms with van der Waals surface area (Å²) >= 11 is 0. The summed E-state index contributed by atoms with van der Waals surface area (Å²) in [7, 11) is 0. The van der Waals surface area contributed by atoms with Crippen LogP contribution in [0.15, 0.2) is 0 Å². The Kier molecular flexibility index (Phi) is 6.89. The maximum absolute atomic E-state index is 11.5. The first-order valence-corrected chi connectivity index (χ1v) is 5.35. The van der Waals surface area contributed by atoms with Crippen LogP contribution in [-0.2, 0) is 14.4 Å². The average molecular weight is 275 g/mol. The van der Waals surface area contributed by atoms with Crippen LogP contribution in [0.2, 0.25) is 0 Å². The fourth-order valence-electron chi connectivity index (χ4n) is 0.981. The molecular formula is C9H17N5O5. The van der Waals surface area contributed by atoms with Crippen molar-refractivity contribution in [1.29, 1.82) is 0 Å². The molecule has 0 aromatic carbocycles. The van der Waals surface area contributed by atoms with E-state index < -0.39 is 35.9 Å². The van der Waals surface area contributed by atoms with E-state index in [9.17, 15) is 19.2 Å². The molecule has 0 aliphatic rings. The van der Waals surface area contributed by atoms with Gasteiger partial charge in [-0.2, -0.15) is 0 Å². The van der Waals surface area contributed by atoms with E-state index in [2.05, 4.69) is 16.2 Å². The Hall–Kier alpha value is -2.36. The van der Waals surface area contributed by atoms with Gasteiger partial charge in [0, 0.05) is 0 Å². The van der Waals surface area contributed by atoms with Gasteiger partial charge in [-0.1, -0.05) is 0 Å². The lowest BCUT2D eigenvalue weighted by Crippen LogP contribution is -2.54. The zero-order valence-corrected chi connectivity index (χ0v) is 10.5. The molecule has 0 radical (unpaired) electrons. The Morgan fingerprint density at radius 1 is 1.05 bits per heavy atom. The van der Waals surface area contributed by atoms with E-state index in [1.807, 2.05) is 5.32 Å². The fraction of sp³-hybridized carbons (Fsp3) is 0.556. The Balaban J connectivity index is 4.10. The molecule has 0 rings (SSSR count). The summed E-state index contributed by atoms with van der Waals surface area (Å²) in [6.07, 6.45) is -1.34. The molecule has 0 spiro atoms. The second kappa shape index (κ2) is 7.87. The molecule has 10 nitrogen and oxygen atoms in total. The summed E-state index contributed by atoms with van der Waals surface area (Å²) in [5.74, 6) is -1.91. The highest BCUT2D eigenvalue weighted by molar-refractivity contribution is 5.90. The quantitative estimate of drug-likeness (QED) is 0.276. The number of rotatable bonds is 7. The van der Waals surface area contributed by atoms with Gasteiger partial charge in [0.25, 0.3) is 5.91 Å². The van der Waals surface area contributed by atoms with Gasteiger partial charge >= 0.3 is 6.09 Å². The fourth-order valence-corrected chi connectivity index (χ4v) is 0.981. The molecule has 0 heterocycles. The first kappa shape index (κ1) is 16.6. The summed E-state index contributed by atoms with van der Waals surface area (Å²) in [4.78, 5) is 43.6. The highest BCUT2D eigenvalue weighted by atomic mass is 16.4. The zero-order valence-electron chi connectivity index (χ0n) is 10.5. The van der Waals surface area contributed by atoms with E-state index in [0.717, 1.165) is 0 Å². The minimum absolute atomic E-state index is 0.247. The summed E-state index contributed by atoms with van der Waals surface area (Å²) < 4.78 is 0. The Morgan fingerprint density at radius 3 is 2.05 bits per heavy atom. The van der Waals surface area contributed by atoms with Crippen molar-refractivity contribution in [1.82, 2.24) is 21.5 Å². The minimum Gasteiger partial charge on any atom is -0.465 e. The van der Waals surface area contributed by atoms with E-state index in [1.165, 1.54) is 13.8 Å². The number of nitrogens with one attached hydrogen (secondary N) is 4. The van der Waals surface area contributed by atoms with Crippen LogP contribution >= 0.6 is 0 Å². The van der Waals surface area contributed by atoms with Gasteiger partial charge in [0.2, 0.25) is 11.8 Å². The summed E-state index contributed by atoms with van der Waals surface area (Å²) in [5.41, 5.74) is 9.26. The van der Waals surface area contributed by atoms with Crippen molar-refractivity contribution in [2.45, 2.75) is 25.9 Å². The van der Waals surface area contributed by atoms with Crippen molar-refractivity contribution in [2.75, 3.05) is 6.54 Å². The standard InChI is InChI=1S/C9H17N5O5/c1-4(13-9(18)19)7(16)12-5(2)8(17)14-11-3-6(10)15/h4-5,11,13H,3H2,1-2H3,(H2,10,15)(H,12,16)(H,14,17)(H,18,19). The number of carboxylic acid groups (broad SMARTS) is 1. The van der Waals surface area contributed by atoms with E-state index in [0.29, 0.717) is 0 Å². The van der Waals surface area contributed by atoms with Gasteiger partial charge in [-0.15, -0.1) is 0 Å². The minimum atomic E-state index is -1.34. The van der Waals surface area contributed by atoms with Gasteiger partial charge in [0.15, 0.2) is 0 Å². The topological polar surface area (TPSA) is 163 Å². The van der Waals surface area contributed by atoms with Crippen molar-refractivity contribution >= 4 is 23.8 Å². The Morgan fingerprint density at radius 2 is 1.58 bits per heavy atom.